The Morgan fingerprint density at radius 1 is 0.882 bits per heavy atom. The fraction of sp³-hybridized carbons (Fsp3) is 0.647. The third-order valence-electron chi connectivity index (χ3n) is 2.82. The highest BCUT2D eigenvalue weighted by atomic mass is 14.2. The van der Waals surface area contributed by atoms with Crippen LogP contribution in [0, 0.1) is 5.92 Å². The summed E-state index contributed by atoms with van der Waals surface area (Å²) in [7, 11) is 0. The van der Waals surface area contributed by atoms with E-state index in [1.165, 1.54) is 18.4 Å². The molecule has 1 aromatic rings. The van der Waals surface area contributed by atoms with E-state index in [1.807, 2.05) is 13.8 Å². The molecule has 0 radical (unpaired) electrons. The summed E-state index contributed by atoms with van der Waals surface area (Å²) < 4.78 is 0. The maximum atomic E-state index is 2.32. The Kier molecular flexibility index (Phi) is 14.5. The Labute approximate surface area is 109 Å². The van der Waals surface area contributed by atoms with Gasteiger partial charge in [-0.25, -0.2) is 0 Å². The third-order valence-corrected chi connectivity index (χ3v) is 2.82. The normalized spacial score (nSPS) is 12.4. The predicted molar refractivity (Wildman–Crippen MR) is 81.6 cm³/mol. The first-order chi connectivity index (χ1) is 8.17. The van der Waals surface area contributed by atoms with Gasteiger partial charge in [-0.15, -0.1) is 0 Å². The summed E-state index contributed by atoms with van der Waals surface area (Å²) in [5.41, 5.74) is 1.46. The molecular weight excluding hydrogens is 204 g/mol. The molecular formula is C17H32. The van der Waals surface area contributed by atoms with Crippen molar-refractivity contribution in [1.29, 1.82) is 0 Å². The largest absolute Gasteiger partial charge is 0.0683 e. The summed E-state index contributed by atoms with van der Waals surface area (Å²) in [6.45, 7) is 15.1. The fourth-order valence-electron chi connectivity index (χ4n) is 1.44. The van der Waals surface area contributed by atoms with Crippen LogP contribution in [0.2, 0.25) is 0 Å². The van der Waals surface area contributed by atoms with Crippen molar-refractivity contribution in [3.05, 3.63) is 35.9 Å². The van der Waals surface area contributed by atoms with Crippen molar-refractivity contribution < 1.29 is 0 Å². The summed E-state index contributed by atoms with van der Waals surface area (Å²) in [5, 5.41) is 0. The molecule has 1 aromatic carbocycles. The van der Waals surface area contributed by atoms with E-state index < -0.39 is 0 Å². The molecule has 0 nitrogen and oxygen atoms in total. The lowest BCUT2D eigenvalue weighted by atomic mass is 9.87. The lowest BCUT2D eigenvalue weighted by Crippen LogP contribution is -2.04. The number of hydrogen-bond acceptors (Lipinski definition) is 0. The third kappa shape index (κ3) is 8.97. The van der Waals surface area contributed by atoms with Crippen LogP contribution < -0.4 is 0 Å². The Morgan fingerprint density at radius 3 is 1.65 bits per heavy atom. The van der Waals surface area contributed by atoms with Crippen LogP contribution in [0.1, 0.15) is 72.8 Å². The second-order valence-corrected chi connectivity index (χ2v) is 4.29. The second-order valence-electron chi connectivity index (χ2n) is 4.29. The lowest BCUT2D eigenvalue weighted by molar-refractivity contribution is 0.473. The molecule has 0 bridgehead atoms. The Balaban J connectivity index is 0. The monoisotopic (exact) mass is 236 g/mol. The van der Waals surface area contributed by atoms with Crippen molar-refractivity contribution in [1.82, 2.24) is 0 Å². The smallest absolute Gasteiger partial charge is 0.0165 e. The molecule has 0 aliphatic heterocycles. The molecule has 0 saturated carbocycles. The van der Waals surface area contributed by atoms with Crippen LogP contribution in [0.4, 0.5) is 0 Å². The van der Waals surface area contributed by atoms with E-state index in [-0.39, 0.29) is 0 Å². The van der Waals surface area contributed by atoms with E-state index in [9.17, 15) is 0 Å². The molecule has 0 unspecified atom stereocenters. The van der Waals surface area contributed by atoms with Gasteiger partial charge in [0.15, 0.2) is 0 Å². The first-order valence-corrected chi connectivity index (χ1v) is 7.22. The fourth-order valence-corrected chi connectivity index (χ4v) is 1.44. The van der Waals surface area contributed by atoms with Crippen molar-refractivity contribution in [2.75, 3.05) is 0 Å². The first kappa shape index (κ1) is 18.6. The minimum absolute atomic E-state index is 0.691. The molecule has 0 heteroatoms. The van der Waals surface area contributed by atoms with Crippen molar-refractivity contribution in [3.8, 4) is 0 Å². The van der Waals surface area contributed by atoms with Gasteiger partial charge in [-0.2, -0.15) is 0 Å². The quantitative estimate of drug-likeness (QED) is 0.579. The maximum Gasteiger partial charge on any atom is -0.0165 e. The minimum Gasteiger partial charge on any atom is -0.0683 e. The van der Waals surface area contributed by atoms with Crippen LogP contribution in [0.5, 0.6) is 0 Å². The molecule has 0 aromatic heterocycles. The average molecular weight is 236 g/mol. The van der Waals surface area contributed by atoms with Crippen molar-refractivity contribution in [2.45, 2.75) is 67.2 Å². The predicted octanol–water partition coefficient (Wildman–Crippen LogP) is 6.28. The molecule has 0 aliphatic carbocycles. The van der Waals surface area contributed by atoms with E-state index in [0.29, 0.717) is 5.92 Å². The zero-order valence-electron chi connectivity index (χ0n) is 13.0. The van der Waals surface area contributed by atoms with Gasteiger partial charge in [0.05, 0.1) is 0 Å². The Bertz CT molecular complexity index is 225. The lowest BCUT2D eigenvalue weighted by Gasteiger charge is -2.18. The van der Waals surface area contributed by atoms with E-state index in [1.54, 1.807) is 0 Å². The molecule has 0 N–H and O–H groups in total. The zero-order chi connectivity index (χ0) is 13.7. The number of rotatable bonds is 3. The SMILES string of the molecule is CC.CCC.CC[C@H](C)[C@@H](C)c1ccccc1. The van der Waals surface area contributed by atoms with Crippen LogP contribution in [0.25, 0.3) is 0 Å². The summed E-state index contributed by atoms with van der Waals surface area (Å²) in [5.74, 6) is 1.48. The summed E-state index contributed by atoms with van der Waals surface area (Å²) >= 11 is 0. The van der Waals surface area contributed by atoms with Crippen LogP contribution in [0.3, 0.4) is 0 Å². The highest BCUT2D eigenvalue weighted by molar-refractivity contribution is 5.19. The van der Waals surface area contributed by atoms with Crippen LogP contribution >= 0.6 is 0 Å². The van der Waals surface area contributed by atoms with Gasteiger partial charge in [-0.1, -0.05) is 91.6 Å². The number of benzene rings is 1. The highest BCUT2D eigenvalue weighted by Gasteiger charge is 2.11. The highest BCUT2D eigenvalue weighted by Crippen LogP contribution is 2.25. The van der Waals surface area contributed by atoms with E-state index in [2.05, 4.69) is 65.0 Å². The molecule has 1 rings (SSSR count). The van der Waals surface area contributed by atoms with Crippen LogP contribution in [-0.2, 0) is 0 Å². The van der Waals surface area contributed by atoms with E-state index >= 15 is 0 Å². The molecule has 0 aliphatic rings. The van der Waals surface area contributed by atoms with Crippen molar-refractivity contribution in [2.24, 2.45) is 5.92 Å². The van der Waals surface area contributed by atoms with Gasteiger partial charge in [0, 0.05) is 0 Å². The van der Waals surface area contributed by atoms with Crippen LogP contribution in [0.15, 0.2) is 30.3 Å². The van der Waals surface area contributed by atoms with Gasteiger partial charge in [0.2, 0.25) is 0 Å². The molecule has 0 fully saturated rings. The van der Waals surface area contributed by atoms with Crippen molar-refractivity contribution in [3.63, 3.8) is 0 Å². The molecule has 0 spiro atoms. The average Bonchev–Trinajstić information content (AvgIpc) is 2.41. The van der Waals surface area contributed by atoms with Crippen LogP contribution in [-0.4, -0.2) is 0 Å². The standard InChI is InChI=1S/C12H18.C3H8.C2H6/c1-4-10(2)11(3)12-8-6-5-7-9-12;1-3-2;1-2/h5-11H,4H2,1-3H3;3H2,1-2H3;1-2H3/t10-,11+;;/m0../s1. The first-order valence-electron chi connectivity index (χ1n) is 7.22. The van der Waals surface area contributed by atoms with Crippen molar-refractivity contribution >= 4 is 0 Å². The Morgan fingerprint density at radius 2 is 1.29 bits per heavy atom. The Hall–Kier alpha value is -0.780. The van der Waals surface area contributed by atoms with Gasteiger partial charge in [-0.3, -0.25) is 0 Å². The van der Waals surface area contributed by atoms with E-state index in [4.69, 9.17) is 0 Å². The molecule has 100 valence electrons. The minimum atomic E-state index is 0.691. The number of hydrogen-bond donors (Lipinski definition) is 0. The van der Waals surface area contributed by atoms with E-state index in [0.717, 1.165) is 5.92 Å². The summed E-state index contributed by atoms with van der Waals surface area (Å²) in [4.78, 5) is 0. The summed E-state index contributed by atoms with van der Waals surface area (Å²) in [6.07, 6.45) is 2.51. The summed E-state index contributed by atoms with van der Waals surface area (Å²) in [6, 6.07) is 10.8. The van der Waals surface area contributed by atoms with Gasteiger partial charge in [0.1, 0.15) is 0 Å². The zero-order valence-corrected chi connectivity index (χ0v) is 13.0. The second kappa shape index (κ2) is 13.3. The molecule has 0 heterocycles. The van der Waals surface area contributed by atoms with Gasteiger partial charge < -0.3 is 0 Å². The van der Waals surface area contributed by atoms with Gasteiger partial charge in [-0.05, 0) is 17.4 Å². The van der Waals surface area contributed by atoms with Gasteiger partial charge >= 0.3 is 0 Å². The topological polar surface area (TPSA) is 0 Å². The van der Waals surface area contributed by atoms with Gasteiger partial charge in [0.25, 0.3) is 0 Å². The molecule has 17 heavy (non-hydrogen) atoms. The molecule has 0 amide bonds. The maximum absolute atomic E-state index is 2.32. The molecule has 0 saturated heterocycles. The molecule has 2 atom stereocenters.